The highest BCUT2D eigenvalue weighted by atomic mass is 16.5. The summed E-state index contributed by atoms with van der Waals surface area (Å²) < 4.78 is 10.9. The first-order valence-electron chi connectivity index (χ1n) is 6.44. The molecule has 1 aromatic heterocycles. The summed E-state index contributed by atoms with van der Waals surface area (Å²) in [5.74, 6) is 1.02. The zero-order valence-electron chi connectivity index (χ0n) is 11.3. The lowest BCUT2D eigenvalue weighted by atomic mass is 10.2. The first-order chi connectivity index (χ1) is 10.2. The molecule has 1 aliphatic rings. The van der Waals surface area contributed by atoms with Gasteiger partial charge in [-0.1, -0.05) is 6.08 Å². The highest BCUT2D eigenvalue weighted by Crippen LogP contribution is 2.37. The number of carbonyl (C=O) groups excluding carboxylic acids is 1. The number of hydrogen-bond acceptors (Lipinski definition) is 4. The fourth-order valence-corrected chi connectivity index (χ4v) is 2.14. The lowest BCUT2D eigenvalue weighted by Gasteiger charge is -2.29. The molecule has 106 valence electrons. The molecule has 0 saturated heterocycles. The van der Waals surface area contributed by atoms with Crippen molar-refractivity contribution in [2.24, 2.45) is 0 Å². The van der Waals surface area contributed by atoms with Crippen LogP contribution in [0.1, 0.15) is 5.76 Å². The lowest BCUT2D eigenvalue weighted by molar-refractivity contribution is -0.117. The minimum Gasteiger partial charge on any atom is -0.465 e. The molecule has 0 atom stereocenters. The summed E-state index contributed by atoms with van der Waals surface area (Å²) >= 11 is 0. The van der Waals surface area contributed by atoms with E-state index in [2.05, 4.69) is 6.58 Å². The Kier molecular flexibility index (Phi) is 3.23. The van der Waals surface area contributed by atoms with Crippen LogP contribution in [0.25, 0.3) is 6.08 Å². The summed E-state index contributed by atoms with van der Waals surface area (Å²) in [6.45, 7) is 4.07. The van der Waals surface area contributed by atoms with Gasteiger partial charge < -0.3 is 14.9 Å². The second-order valence-electron chi connectivity index (χ2n) is 4.56. The quantitative estimate of drug-likeness (QED) is 0.534. The molecule has 0 unspecified atom stereocenters. The van der Waals surface area contributed by atoms with Crippen molar-refractivity contribution in [1.29, 1.82) is 0 Å². The SMILES string of the molecule is C=CCN1C(=O)/C(=C\c2ccco2)Oc2cc(N)ccc21. The Morgan fingerprint density at radius 1 is 1.33 bits per heavy atom. The summed E-state index contributed by atoms with van der Waals surface area (Å²) in [6.07, 6.45) is 4.76. The first kappa shape index (κ1) is 13.1. The molecule has 21 heavy (non-hydrogen) atoms. The van der Waals surface area contributed by atoms with Gasteiger partial charge in [-0.15, -0.1) is 6.58 Å². The molecule has 3 rings (SSSR count). The minimum absolute atomic E-state index is 0.185. The Balaban J connectivity index is 2.06. The smallest absolute Gasteiger partial charge is 0.294 e. The Labute approximate surface area is 121 Å². The molecule has 1 amide bonds. The van der Waals surface area contributed by atoms with Crippen LogP contribution in [0.3, 0.4) is 0 Å². The van der Waals surface area contributed by atoms with Gasteiger partial charge in [0.1, 0.15) is 5.76 Å². The van der Waals surface area contributed by atoms with Crippen LogP contribution in [0.4, 0.5) is 11.4 Å². The third kappa shape index (κ3) is 2.41. The van der Waals surface area contributed by atoms with Crippen molar-refractivity contribution in [3.05, 3.63) is 60.8 Å². The number of amides is 1. The van der Waals surface area contributed by atoms with Gasteiger partial charge in [0.2, 0.25) is 0 Å². The molecule has 0 bridgehead atoms. The molecule has 5 heteroatoms. The van der Waals surface area contributed by atoms with E-state index in [9.17, 15) is 4.79 Å². The Morgan fingerprint density at radius 2 is 2.19 bits per heavy atom. The van der Waals surface area contributed by atoms with Crippen molar-refractivity contribution in [3.63, 3.8) is 0 Å². The number of carbonyl (C=O) groups is 1. The van der Waals surface area contributed by atoms with E-state index in [1.807, 2.05) is 0 Å². The van der Waals surface area contributed by atoms with Gasteiger partial charge >= 0.3 is 0 Å². The van der Waals surface area contributed by atoms with E-state index in [0.29, 0.717) is 29.4 Å². The molecule has 0 fully saturated rings. The molecular formula is C16H14N2O3. The predicted octanol–water partition coefficient (Wildman–Crippen LogP) is 2.81. The number of nitrogen functional groups attached to an aromatic ring is 1. The molecule has 0 saturated carbocycles. The number of rotatable bonds is 3. The number of nitrogens with zero attached hydrogens (tertiary/aromatic N) is 1. The molecule has 2 N–H and O–H groups in total. The number of hydrogen-bond donors (Lipinski definition) is 1. The van der Waals surface area contributed by atoms with Crippen LogP contribution in [0, 0.1) is 0 Å². The van der Waals surface area contributed by atoms with Crippen LogP contribution in [-0.2, 0) is 4.79 Å². The summed E-state index contributed by atoms with van der Waals surface area (Å²) in [5.41, 5.74) is 7.02. The van der Waals surface area contributed by atoms with Gasteiger partial charge in [-0.05, 0) is 24.3 Å². The molecule has 0 aliphatic carbocycles. The fourth-order valence-electron chi connectivity index (χ4n) is 2.14. The summed E-state index contributed by atoms with van der Waals surface area (Å²) in [5, 5.41) is 0. The van der Waals surface area contributed by atoms with Crippen molar-refractivity contribution >= 4 is 23.4 Å². The molecule has 5 nitrogen and oxygen atoms in total. The van der Waals surface area contributed by atoms with Gasteiger partial charge in [-0.2, -0.15) is 0 Å². The Hall–Kier alpha value is -2.95. The lowest BCUT2D eigenvalue weighted by Crippen LogP contribution is -2.37. The summed E-state index contributed by atoms with van der Waals surface area (Å²) in [4.78, 5) is 14.1. The van der Waals surface area contributed by atoms with Gasteiger partial charge in [0.25, 0.3) is 5.91 Å². The van der Waals surface area contributed by atoms with Crippen LogP contribution < -0.4 is 15.4 Å². The van der Waals surface area contributed by atoms with E-state index in [1.54, 1.807) is 47.4 Å². The second-order valence-corrected chi connectivity index (χ2v) is 4.56. The van der Waals surface area contributed by atoms with E-state index in [0.717, 1.165) is 0 Å². The zero-order valence-corrected chi connectivity index (χ0v) is 11.3. The van der Waals surface area contributed by atoms with Crippen LogP contribution in [0.5, 0.6) is 5.75 Å². The predicted molar refractivity (Wildman–Crippen MR) is 80.7 cm³/mol. The molecule has 1 aliphatic heterocycles. The monoisotopic (exact) mass is 282 g/mol. The zero-order chi connectivity index (χ0) is 14.8. The Bertz CT molecular complexity index is 717. The van der Waals surface area contributed by atoms with E-state index < -0.39 is 0 Å². The van der Waals surface area contributed by atoms with E-state index in [-0.39, 0.29) is 11.7 Å². The standard InChI is InChI=1S/C16H14N2O3/c1-2-7-18-13-6-5-11(17)9-14(13)21-15(16(18)19)10-12-4-3-8-20-12/h2-6,8-10H,1,7,17H2/b15-10+. The first-order valence-corrected chi connectivity index (χ1v) is 6.44. The number of anilines is 2. The maximum Gasteiger partial charge on any atom is 0.294 e. The van der Waals surface area contributed by atoms with Crippen molar-refractivity contribution in [2.75, 3.05) is 17.2 Å². The van der Waals surface area contributed by atoms with Gasteiger partial charge in [0, 0.05) is 24.4 Å². The topological polar surface area (TPSA) is 68.7 Å². The molecule has 2 aromatic rings. The molecule has 1 aromatic carbocycles. The van der Waals surface area contributed by atoms with Crippen molar-refractivity contribution in [3.8, 4) is 5.75 Å². The maximum absolute atomic E-state index is 12.5. The number of ether oxygens (including phenoxy) is 1. The van der Waals surface area contributed by atoms with Crippen molar-refractivity contribution in [2.45, 2.75) is 0 Å². The highest BCUT2D eigenvalue weighted by molar-refractivity contribution is 6.10. The van der Waals surface area contributed by atoms with Crippen molar-refractivity contribution < 1.29 is 13.9 Å². The number of fused-ring (bicyclic) bond motifs is 1. The van der Waals surface area contributed by atoms with Crippen LogP contribution >= 0.6 is 0 Å². The van der Waals surface area contributed by atoms with Crippen LogP contribution in [0.15, 0.2) is 59.4 Å². The van der Waals surface area contributed by atoms with Gasteiger partial charge in [-0.25, -0.2) is 0 Å². The fraction of sp³-hybridized carbons (Fsp3) is 0.0625. The average molecular weight is 282 g/mol. The summed E-state index contributed by atoms with van der Waals surface area (Å²) in [7, 11) is 0. The second kappa shape index (κ2) is 5.20. The van der Waals surface area contributed by atoms with Crippen molar-refractivity contribution in [1.82, 2.24) is 0 Å². The van der Waals surface area contributed by atoms with E-state index in [1.165, 1.54) is 6.26 Å². The molecular weight excluding hydrogens is 268 g/mol. The van der Waals surface area contributed by atoms with E-state index in [4.69, 9.17) is 14.9 Å². The number of benzene rings is 1. The van der Waals surface area contributed by atoms with Gasteiger partial charge in [0.15, 0.2) is 11.5 Å². The van der Waals surface area contributed by atoms with Crippen LogP contribution in [-0.4, -0.2) is 12.5 Å². The Morgan fingerprint density at radius 3 is 2.90 bits per heavy atom. The molecule has 0 spiro atoms. The highest BCUT2D eigenvalue weighted by Gasteiger charge is 2.29. The largest absolute Gasteiger partial charge is 0.465 e. The van der Waals surface area contributed by atoms with Gasteiger partial charge in [-0.3, -0.25) is 9.69 Å². The van der Waals surface area contributed by atoms with Crippen LogP contribution in [0.2, 0.25) is 0 Å². The summed E-state index contributed by atoms with van der Waals surface area (Å²) in [6, 6.07) is 8.67. The third-order valence-corrected chi connectivity index (χ3v) is 3.08. The number of nitrogens with two attached hydrogens (primary N) is 1. The number of furan rings is 1. The third-order valence-electron chi connectivity index (χ3n) is 3.08. The normalized spacial score (nSPS) is 15.7. The van der Waals surface area contributed by atoms with Gasteiger partial charge in [0.05, 0.1) is 12.0 Å². The maximum atomic E-state index is 12.5. The molecule has 0 radical (unpaired) electrons. The average Bonchev–Trinajstić information content (AvgIpc) is 2.96. The van der Waals surface area contributed by atoms with E-state index >= 15 is 0 Å². The minimum atomic E-state index is -0.247. The molecule has 2 heterocycles.